The number of benzene rings is 2. The molecule has 0 heterocycles. The molecule has 0 aromatic heterocycles. The minimum absolute atomic E-state index is 0.281. The van der Waals surface area contributed by atoms with E-state index < -0.39 is 5.91 Å². The fourth-order valence-corrected chi connectivity index (χ4v) is 2.39. The van der Waals surface area contributed by atoms with Gasteiger partial charge in [0, 0.05) is 5.02 Å². The van der Waals surface area contributed by atoms with E-state index in [0.29, 0.717) is 22.9 Å². The summed E-state index contributed by atoms with van der Waals surface area (Å²) in [6.07, 6.45) is 0. The average Bonchev–Trinajstić information content (AvgIpc) is 2.53. The molecule has 0 aliphatic carbocycles. The van der Waals surface area contributed by atoms with Gasteiger partial charge in [-0.05, 0) is 61.9 Å². The number of halogens is 2. The third-order valence-electron chi connectivity index (χ3n) is 3.08. The monoisotopic (exact) mass is 350 g/mol. The van der Waals surface area contributed by atoms with Gasteiger partial charge in [0.25, 0.3) is 5.91 Å². The van der Waals surface area contributed by atoms with E-state index in [1.165, 1.54) is 6.07 Å². The minimum atomic E-state index is -0.392. The van der Waals surface area contributed by atoms with Crippen molar-refractivity contribution in [2.45, 2.75) is 13.8 Å². The van der Waals surface area contributed by atoms with Crippen LogP contribution in [0.3, 0.4) is 0 Å². The Morgan fingerprint density at radius 1 is 1.17 bits per heavy atom. The number of amides is 1. The topological polar surface area (TPSA) is 50.7 Å². The lowest BCUT2D eigenvalue weighted by Gasteiger charge is -2.06. The van der Waals surface area contributed by atoms with Gasteiger partial charge in [-0.25, -0.2) is 5.43 Å². The quantitative estimate of drug-likeness (QED) is 0.635. The number of nitrogens with one attached hydrogen (secondary N) is 1. The second-order valence-electron chi connectivity index (χ2n) is 4.72. The zero-order valence-electron chi connectivity index (χ0n) is 12.8. The lowest BCUT2D eigenvalue weighted by atomic mass is 10.1. The van der Waals surface area contributed by atoms with Gasteiger partial charge in [-0.2, -0.15) is 5.10 Å². The molecule has 0 unspecified atom stereocenters. The fraction of sp³-hybridized carbons (Fsp3) is 0.176. The average molecular weight is 351 g/mol. The van der Waals surface area contributed by atoms with E-state index in [2.05, 4.69) is 10.5 Å². The summed E-state index contributed by atoms with van der Waals surface area (Å²) < 4.78 is 5.38. The molecule has 0 saturated heterocycles. The number of hydrogen-bond donors (Lipinski definition) is 1. The normalized spacial score (nSPS) is 11.2. The fourth-order valence-electron chi connectivity index (χ4n) is 1.89. The van der Waals surface area contributed by atoms with E-state index in [1.54, 1.807) is 19.1 Å². The highest BCUT2D eigenvalue weighted by Gasteiger charge is 2.10. The molecule has 1 amide bonds. The van der Waals surface area contributed by atoms with Crippen molar-refractivity contribution in [3.63, 3.8) is 0 Å². The van der Waals surface area contributed by atoms with Crippen molar-refractivity contribution in [1.82, 2.24) is 5.43 Å². The zero-order chi connectivity index (χ0) is 16.8. The van der Waals surface area contributed by atoms with E-state index in [1.807, 2.05) is 31.2 Å². The predicted molar refractivity (Wildman–Crippen MR) is 93.8 cm³/mol. The van der Waals surface area contributed by atoms with Crippen LogP contribution in [0.2, 0.25) is 10.0 Å². The summed E-state index contributed by atoms with van der Waals surface area (Å²) in [6, 6.07) is 12.1. The maximum absolute atomic E-state index is 12.1. The lowest BCUT2D eigenvalue weighted by molar-refractivity contribution is 0.0955. The molecule has 2 aromatic rings. The van der Waals surface area contributed by atoms with Gasteiger partial charge >= 0.3 is 0 Å². The van der Waals surface area contributed by atoms with E-state index in [4.69, 9.17) is 27.9 Å². The summed E-state index contributed by atoms with van der Waals surface area (Å²) in [5.74, 6) is 0.401. The van der Waals surface area contributed by atoms with E-state index in [-0.39, 0.29) is 5.02 Å². The third-order valence-corrected chi connectivity index (χ3v) is 3.63. The Balaban J connectivity index is 2.07. The van der Waals surface area contributed by atoms with Gasteiger partial charge in [0.2, 0.25) is 0 Å². The summed E-state index contributed by atoms with van der Waals surface area (Å²) in [5.41, 5.74) is 4.36. The zero-order valence-corrected chi connectivity index (χ0v) is 14.3. The van der Waals surface area contributed by atoms with Crippen molar-refractivity contribution in [1.29, 1.82) is 0 Å². The highest BCUT2D eigenvalue weighted by molar-refractivity contribution is 6.36. The summed E-state index contributed by atoms with van der Waals surface area (Å²) in [5, 5.41) is 4.85. The molecule has 120 valence electrons. The van der Waals surface area contributed by atoms with Gasteiger partial charge in [-0.3, -0.25) is 4.79 Å². The van der Waals surface area contributed by atoms with Crippen LogP contribution in [-0.2, 0) is 0 Å². The number of carbonyl (C=O) groups excluding carboxylic acids is 1. The van der Waals surface area contributed by atoms with Crippen LogP contribution in [-0.4, -0.2) is 18.2 Å². The minimum Gasteiger partial charge on any atom is -0.494 e. The van der Waals surface area contributed by atoms with Crippen molar-refractivity contribution in [2.24, 2.45) is 5.10 Å². The molecule has 0 atom stereocenters. The predicted octanol–water partition coefficient (Wildman–Crippen LogP) is 4.55. The molecule has 0 bridgehead atoms. The van der Waals surface area contributed by atoms with Gasteiger partial charge in [-0.15, -0.1) is 0 Å². The molecule has 0 aliphatic heterocycles. The van der Waals surface area contributed by atoms with Crippen LogP contribution in [0.15, 0.2) is 47.6 Å². The SMILES string of the molecule is CCOc1ccc(/C(C)=N/NC(=O)c2ccc(Cl)cc2Cl)cc1. The summed E-state index contributed by atoms with van der Waals surface area (Å²) in [4.78, 5) is 12.1. The first-order chi connectivity index (χ1) is 11.0. The number of rotatable bonds is 5. The van der Waals surface area contributed by atoms with E-state index in [0.717, 1.165) is 11.3 Å². The first-order valence-corrected chi connectivity index (χ1v) is 7.79. The van der Waals surface area contributed by atoms with Crippen molar-refractivity contribution in [3.8, 4) is 5.75 Å². The maximum Gasteiger partial charge on any atom is 0.272 e. The molecule has 0 saturated carbocycles. The van der Waals surface area contributed by atoms with Crippen molar-refractivity contribution in [3.05, 3.63) is 63.6 Å². The Bertz CT molecular complexity index is 728. The number of ether oxygens (including phenoxy) is 1. The van der Waals surface area contributed by atoms with Crippen molar-refractivity contribution < 1.29 is 9.53 Å². The summed E-state index contributed by atoms with van der Waals surface area (Å²) in [7, 11) is 0. The molecular formula is C17H16Cl2N2O2. The summed E-state index contributed by atoms with van der Waals surface area (Å²) >= 11 is 11.8. The van der Waals surface area contributed by atoms with Gasteiger partial charge in [-0.1, -0.05) is 23.2 Å². The molecule has 0 fully saturated rings. The number of hydrogen-bond acceptors (Lipinski definition) is 3. The lowest BCUT2D eigenvalue weighted by Crippen LogP contribution is -2.19. The number of carbonyl (C=O) groups is 1. The molecular weight excluding hydrogens is 335 g/mol. The van der Waals surface area contributed by atoms with Crippen LogP contribution in [0.5, 0.6) is 5.75 Å². The molecule has 2 aromatic carbocycles. The van der Waals surface area contributed by atoms with Crippen LogP contribution in [0.25, 0.3) is 0 Å². The van der Waals surface area contributed by atoms with Crippen molar-refractivity contribution >= 4 is 34.8 Å². The largest absolute Gasteiger partial charge is 0.494 e. The van der Waals surface area contributed by atoms with Gasteiger partial charge in [0.15, 0.2) is 0 Å². The first kappa shape index (κ1) is 17.3. The first-order valence-electron chi connectivity index (χ1n) is 7.04. The Hall–Kier alpha value is -2.04. The highest BCUT2D eigenvalue weighted by atomic mass is 35.5. The van der Waals surface area contributed by atoms with Gasteiger partial charge in [0.05, 0.1) is 22.9 Å². The molecule has 6 heteroatoms. The van der Waals surface area contributed by atoms with Crippen LogP contribution in [0.4, 0.5) is 0 Å². The van der Waals surface area contributed by atoms with Gasteiger partial charge in [0.1, 0.15) is 5.75 Å². The Kier molecular flexibility index (Phi) is 6.02. The van der Waals surface area contributed by atoms with E-state index >= 15 is 0 Å². The van der Waals surface area contributed by atoms with Crippen LogP contribution in [0, 0.1) is 0 Å². The summed E-state index contributed by atoms with van der Waals surface area (Å²) in [6.45, 7) is 4.35. The molecule has 0 aliphatic rings. The number of hydrazone groups is 1. The van der Waals surface area contributed by atoms with Gasteiger partial charge < -0.3 is 4.74 Å². The van der Waals surface area contributed by atoms with Crippen LogP contribution in [0.1, 0.15) is 29.8 Å². The van der Waals surface area contributed by atoms with Crippen LogP contribution < -0.4 is 10.2 Å². The Morgan fingerprint density at radius 3 is 2.48 bits per heavy atom. The molecule has 23 heavy (non-hydrogen) atoms. The van der Waals surface area contributed by atoms with Crippen molar-refractivity contribution in [2.75, 3.05) is 6.61 Å². The number of nitrogens with zero attached hydrogens (tertiary/aromatic N) is 1. The Labute approximate surface area is 145 Å². The standard InChI is InChI=1S/C17H16Cl2N2O2/c1-3-23-14-7-4-12(5-8-14)11(2)20-21-17(22)15-9-6-13(18)10-16(15)19/h4-10H,3H2,1-2H3,(H,21,22)/b20-11+. The molecule has 4 nitrogen and oxygen atoms in total. The Morgan fingerprint density at radius 2 is 1.87 bits per heavy atom. The maximum atomic E-state index is 12.1. The van der Waals surface area contributed by atoms with Crippen LogP contribution >= 0.6 is 23.2 Å². The second kappa shape index (κ2) is 7.99. The van der Waals surface area contributed by atoms with E-state index in [9.17, 15) is 4.79 Å². The highest BCUT2D eigenvalue weighted by Crippen LogP contribution is 2.20. The molecule has 2 rings (SSSR count). The smallest absolute Gasteiger partial charge is 0.272 e. The molecule has 0 spiro atoms. The third kappa shape index (κ3) is 4.71. The molecule has 0 radical (unpaired) electrons. The second-order valence-corrected chi connectivity index (χ2v) is 5.56. The molecule has 1 N–H and O–H groups in total.